The van der Waals surface area contributed by atoms with Gasteiger partial charge in [-0.3, -0.25) is 4.79 Å². The van der Waals surface area contributed by atoms with Crippen LogP contribution in [-0.2, 0) is 9.53 Å². The molecular formula is C11H21NO3. The van der Waals surface area contributed by atoms with Crippen molar-refractivity contribution in [2.45, 2.75) is 50.7 Å². The molecule has 0 bridgehead atoms. The maximum Gasteiger partial charge on any atom is 0.323 e. The summed E-state index contributed by atoms with van der Waals surface area (Å²) in [6.45, 7) is 2.87. The third kappa shape index (κ3) is 2.92. The van der Waals surface area contributed by atoms with Crippen molar-refractivity contribution in [2.75, 3.05) is 13.7 Å². The normalized spacial score (nSPS) is 30.7. The minimum absolute atomic E-state index is 0.111. The molecule has 0 amide bonds. The summed E-state index contributed by atoms with van der Waals surface area (Å²) in [4.78, 5) is 11.1. The number of likely N-dealkylation sites (N-methyl/N-ethyl adjacent to an activating group) is 1. The molecule has 1 saturated carbocycles. The maximum absolute atomic E-state index is 11.1. The van der Waals surface area contributed by atoms with E-state index < -0.39 is 11.5 Å². The Morgan fingerprint density at radius 1 is 1.67 bits per heavy atom. The third-order valence-corrected chi connectivity index (χ3v) is 3.21. The average Bonchev–Trinajstić information content (AvgIpc) is 2.63. The Kier molecular flexibility index (Phi) is 4.54. The Hall–Kier alpha value is -0.610. The molecule has 0 aromatic rings. The Morgan fingerprint density at radius 3 is 2.87 bits per heavy atom. The van der Waals surface area contributed by atoms with Crippen LogP contribution in [0.5, 0.6) is 0 Å². The average molecular weight is 215 g/mol. The van der Waals surface area contributed by atoms with E-state index in [1.807, 2.05) is 0 Å². The molecule has 4 heteroatoms. The lowest BCUT2D eigenvalue weighted by atomic mass is 9.98. The number of hydrogen-bond donors (Lipinski definition) is 2. The van der Waals surface area contributed by atoms with Crippen molar-refractivity contribution in [2.24, 2.45) is 0 Å². The first-order chi connectivity index (χ1) is 7.14. The van der Waals surface area contributed by atoms with Crippen LogP contribution in [0.15, 0.2) is 0 Å². The fourth-order valence-electron chi connectivity index (χ4n) is 2.07. The number of hydrogen-bond acceptors (Lipinski definition) is 3. The highest BCUT2D eigenvalue weighted by molar-refractivity contribution is 5.79. The van der Waals surface area contributed by atoms with Crippen LogP contribution in [0.2, 0.25) is 0 Å². The third-order valence-electron chi connectivity index (χ3n) is 3.21. The molecule has 15 heavy (non-hydrogen) atoms. The molecule has 0 aromatic heterocycles. The van der Waals surface area contributed by atoms with Gasteiger partial charge in [-0.2, -0.15) is 0 Å². The number of nitrogens with one attached hydrogen (secondary N) is 1. The Bertz CT molecular complexity index is 220. The molecule has 2 atom stereocenters. The summed E-state index contributed by atoms with van der Waals surface area (Å²) in [5.74, 6) is -0.758. The zero-order valence-corrected chi connectivity index (χ0v) is 9.58. The number of aliphatic carboxylic acids is 1. The van der Waals surface area contributed by atoms with Gasteiger partial charge in [0, 0.05) is 13.0 Å². The van der Waals surface area contributed by atoms with Crippen LogP contribution in [0.3, 0.4) is 0 Å². The Morgan fingerprint density at radius 2 is 2.40 bits per heavy atom. The molecule has 0 heterocycles. The van der Waals surface area contributed by atoms with E-state index >= 15 is 0 Å². The summed E-state index contributed by atoms with van der Waals surface area (Å²) < 4.78 is 5.65. The molecule has 0 saturated heterocycles. The molecule has 1 fully saturated rings. The van der Waals surface area contributed by atoms with Crippen molar-refractivity contribution >= 4 is 5.97 Å². The fraction of sp³-hybridized carbons (Fsp3) is 0.909. The van der Waals surface area contributed by atoms with Gasteiger partial charge in [-0.25, -0.2) is 0 Å². The van der Waals surface area contributed by atoms with E-state index in [4.69, 9.17) is 9.84 Å². The van der Waals surface area contributed by atoms with Gasteiger partial charge in [0.05, 0.1) is 6.10 Å². The van der Waals surface area contributed by atoms with Crippen LogP contribution >= 0.6 is 0 Å². The van der Waals surface area contributed by atoms with Crippen LogP contribution < -0.4 is 5.32 Å². The summed E-state index contributed by atoms with van der Waals surface area (Å²) >= 11 is 0. The minimum Gasteiger partial charge on any atom is -0.480 e. The van der Waals surface area contributed by atoms with Gasteiger partial charge in [0.15, 0.2) is 0 Å². The predicted molar refractivity (Wildman–Crippen MR) is 57.9 cm³/mol. The van der Waals surface area contributed by atoms with Crippen LogP contribution in [0.25, 0.3) is 0 Å². The van der Waals surface area contributed by atoms with E-state index in [1.54, 1.807) is 7.05 Å². The second-order valence-corrected chi connectivity index (χ2v) is 4.23. The molecule has 88 valence electrons. The van der Waals surface area contributed by atoms with E-state index in [9.17, 15) is 4.79 Å². The second-order valence-electron chi connectivity index (χ2n) is 4.23. The van der Waals surface area contributed by atoms with Gasteiger partial charge in [-0.05, 0) is 26.3 Å². The maximum atomic E-state index is 11.1. The van der Waals surface area contributed by atoms with Crippen molar-refractivity contribution in [1.29, 1.82) is 0 Å². The Balaban J connectivity index is 2.39. The van der Waals surface area contributed by atoms with E-state index in [0.717, 1.165) is 25.9 Å². The predicted octanol–water partition coefficient (Wildman–Crippen LogP) is 1.40. The van der Waals surface area contributed by atoms with Crippen molar-refractivity contribution in [3.8, 4) is 0 Å². The number of carboxylic acid groups (broad SMARTS) is 1. The first kappa shape index (κ1) is 12.5. The quantitative estimate of drug-likeness (QED) is 0.657. The van der Waals surface area contributed by atoms with Crippen LogP contribution in [0, 0.1) is 0 Å². The van der Waals surface area contributed by atoms with Crippen LogP contribution in [0.4, 0.5) is 0 Å². The van der Waals surface area contributed by atoms with Gasteiger partial charge in [0.1, 0.15) is 5.54 Å². The van der Waals surface area contributed by atoms with Crippen LogP contribution in [-0.4, -0.2) is 36.4 Å². The number of carboxylic acids is 1. The molecular weight excluding hydrogens is 194 g/mol. The number of unbranched alkanes of at least 4 members (excludes halogenated alkanes) is 1. The monoisotopic (exact) mass is 215 g/mol. The number of carbonyl (C=O) groups is 1. The molecule has 0 aliphatic heterocycles. The smallest absolute Gasteiger partial charge is 0.323 e. The zero-order valence-electron chi connectivity index (χ0n) is 9.58. The lowest BCUT2D eigenvalue weighted by Gasteiger charge is -2.23. The van der Waals surface area contributed by atoms with Gasteiger partial charge >= 0.3 is 5.97 Å². The van der Waals surface area contributed by atoms with Gasteiger partial charge in [-0.1, -0.05) is 13.3 Å². The van der Waals surface area contributed by atoms with Crippen LogP contribution in [0.1, 0.15) is 39.0 Å². The SMILES string of the molecule is CCCCOC1CCC(NC)(C(=O)O)C1. The minimum atomic E-state index is -0.758. The zero-order chi connectivity index (χ0) is 11.3. The molecule has 1 rings (SSSR count). The van der Waals surface area contributed by atoms with Crippen molar-refractivity contribution in [3.05, 3.63) is 0 Å². The van der Waals surface area contributed by atoms with E-state index in [2.05, 4.69) is 12.2 Å². The van der Waals surface area contributed by atoms with E-state index in [-0.39, 0.29) is 6.10 Å². The van der Waals surface area contributed by atoms with Crippen molar-refractivity contribution in [1.82, 2.24) is 5.32 Å². The molecule has 0 radical (unpaired) electrons. The molecule has 0 spiro atoms. The highest BCUT2D eigenvalue weighted by Gasteiger charge is 2.44. The second kappa shape index (κ2) is 5.47. The highest BCUT2D eigenvalue weighted by Crippen LogP contribution is 2.32. The summed E-state index contributed by atoms with van der Waals surface area (Å²) in [7, 11) is 1.71. The van der Waals surface area contributed by atoms with Gasteiger partial charge < -0.3 is 15.2 Å². The molecule has 1 aliphatic carbocycles. The molecule has 2 unspecified atom stereocenters. The summed E-state index contributed by atoms with van der Waals surface area (Å²) in [6, 6.07) is 0. The lowest BCUT2D eigenvalue weighted by Crippen LogP contribution is -2.48. The van der Waals surface area contributed by atoms with E-state index in [1.165, 1.54) is 0 Å². The Labute approximate surface area is 91.0 Å². The standard InChI is InChI=1S/C11H21NO3/c1-3-4-7-15-9-5-6-11(8-9,12-2)10(13)14/h9,12H,3-8H2,1-2H3,(H,13,14). The largest absolute Gasteiger partial charge is 0.480 e. The van der Waals surface area contributed by atoms with Gasteiger partial charge in [-0.15, -0.1) is 0 Å². The molecule has 2 N–H and O–H groups in total. The lowest BCUT2D eigenvalue weighted by molar-refractivity contribution is -0.144. The fourth-order valence-corrected chi connectivity index (χ4v) is 2.07. The summed E-state index contributed by atoms with van der Waals surface area (Å²) in [6.07, 6.45) is 4.37. The van der Waals surface area contributed by atoms with Crippen molar-refractivity contribution < 1.29 is 14.6 Å². The first-order valence-electron chi connectivity index (χ1n) is 5.68. The first-order valence-corrected chi connectivity index (χ1v) is 5.68. The molecule has 1 aliphatic rings. The topological polar surface area (TPSA) is 58.6 Å². The van der Waals surface area contributed by atoms with Crippen molar-refractivity contribution in [3.63, 3.8) is 0 Å². The molecule has 0 aromatic carbocycles. The van der Waals surface area contributed by atoms with Gasteiger partial charge in [0.2, 0.25) is 0 Å². The highest BCUT2D eigenvalue weighted by atomic mass is 16.5. The number of ether oxygens (including phenoxy) is 1. The summed E-state index contributed by atoms with van der Waals surface area (Å²) in [5, 5.41) is 12.1. The van der Waals surface area contributed by atoms with Gasteiger partial charge in [0.25, 0.3) is 0 Å². The summed E-state index contributed by atoms with van der Waals surface area (Å²) in [5.41, 5.74) is -0.753. The number of rotatable bonds is 6. The van der Waals surface area contributed by atoms with E-state index in [0.29, 0.717) is 12.8 Å². The molecule has 4 nitrogen and oxygen atoms in total.